The molecule has 2 aromatic rings. The molecule has 1 unspecified atom stereocenters. The van der Waals surface area contributed by atoms with Crippen molar-refractivity contribution >= 4 is 22.9 Å². The third-order valence-electron chi connectivity index (χ3n) is 3.79. The monoisotopic (exact) mass is 339 g/mol. The molecule has 0 fully saturated rings. The van der Waals surface area contributed by atoms with Gasteiger partial charge in [-0.2, -0.15) is 0 Å². The van der Waals surface area contributed by atoms with E-state index in [1.807, 2.05) is 0 Å². The Morgan fingerprint density at radius 3 is 2.80 bits per heavy atom. The number of H-pyrrole nitrogens is 1. The van der Waals surface area contributed by atoms with E-state index < -0.39 is 16.8 Å². The number of hydrogen-bond acceptors (Lipinski definition) is 6. The topological polar surface area (TPSA) is 115 Å². The van der Waals surface area contributed by atoms with E-state index in [0.717, 1.165) is 0 Å². The van der Waals surface area contributed by atoms with Crippen molar-refractivity contribution in [3.8, 4) is 0 Å². The molecule has 3 rings (SSSR count). The van der Waals surface area contributed by atoms with Gasteiger partial charge in [0.05, 0.1) is 33.7 Å². The van der Waals surface area contributed by atoms with Crippen molar-refractivity contribution in [2.24, 2.45) is 0 Å². The van der Waals surface area contributed by atoms with Gasteiger partial charge in [0.2, 0.25) is 0 Å². The Labute approximate surface area is 141 Å². The number of hydrogen-bond donors (Lipinski definition) is 1. The van der Waals surface area contributed by atoms with E-state index in [0.29, 0.717) is 11.0 Å². The van der Waals surface area contributed by atoms with Crippen LogP contribution < -0.4 is 0 Å². The number of allylic oxidation sites excluding steroid dienone is 3. The molecule has 0 bridgehead atoms. The second-order valence-electron chi connectivity index (χ2n) is 5.24. The number of carbonyl (C=O) groups excluding carboxylic acids is 2. The average Bonchev–Trinajstić information content (AvgIpc) is 3.04. The molecule has 1 N–H and O–H groups in total. The highest BCUT2D eigenvalue weighted by Crippen LogP contribution is 2.37. The summed E-state index contributed by atoms with van der Waals surface area (Å²) >= 11 is 0. The molecule has 126 valence electrons. The zero-order chi connectivity index (χ0) is 18.0. The highest BCUT2D eigenvalue weighted by molar-refractivity contribution is 5.98. The first-order valence-electron chi connectivity index (χ1n) is 7.50. The van der Waals surface area contributed by atoms with Gasteiger partial charge in [0.1, 0.15) is 17.7 Å². The number of nitrogens with one attached hydrogen (secondary N) is 1. The molecule has 25 heavy (non-hydrogen) atoms. The molecule has 0 amide bonds. The number of nitrogens with zero attached hydrogens (tertiary/aromatic N) is 2. The quantitative estimate of drug-likeness (QED) is 0.394. The van der Waals surface area contributed by atoms with Crippen molar-refractivity contribution in [2.75, 3.05) is 6.61 Å². The van der Waals surface area contributed by atoms with Crippen LogP contribution in [-0.2, 0) is 14.3 Å². The number of aromatic amines is 1. The smallest absolute Gasteiger partial charge is 0.339 e. The van der Waals surface area contributed by atoms with Gasteiger partial charge in [0.25, 0.3) is 5.70 Å². The zero-order valence-electron chi connectivity index (χ0n) is 13.2. The number of benzene rings is 1. The van der Waals surface area contributed by atoms with Crippen molar-refractivity contribution in [1.29, 1.82) is 0 Å². The van der Waals surface area contributed by atoms with E-state index in [4.69, 9.17) is 4.74 Å². The van der Waals surface area contributed by atoms with Crippen LogP contribution >= 0.6 is 0 Å². The van der Waals surface area contributed by atoms with Crippen LogP contribution in [0.1, 0.15) is 18.7 Å². The Kier molecular flexibility index (Phi) is 4.28. The Hall–Kier alpha value is -3.51. The van der Waals surface area contributed by atoms with Crippen molar-refractivity contribution in [3.63, 3.8) is 0 Å². The normalized spacial score (nSPS) is 16.8. The Bertz CT molecular complexity index is 946. The molecule has 8 heteroatoms. The number of aromatic nitrogens is 2. The minimum atomic E-state index is -1.13. The van der Waals surface area contributed by atoms with Gasteiger partial charge < -0.3 is 9.72 Å². The predicted molar refractivity (Wildman–Crippen MR) is 87.8 cm³/mol. The molecule has 0 saturated heterocycles. The molecule has 0 radical (unpaired) electrons. The third kappa shape index (κ3) is 2.86. The van der Waals surface area contributed by atoms with Crippen LogP contribution in [0.5, 0.6) is 0 Å². The van der Waals surface area contributed by atoms with Gasteiger partial charge in [-0.3, -0.25) is 10.1 Å². The van der Waals surface area contributed by atoms with E-state index in [1.165, 1.54) is 12.2 Å². The predicted octanol–water partition coefficient (Wildman–Crippen LogP) is 2.07. The lowest BCUT2D eigenvalue weighted by molar-refractivity contribution is -0.429. The van der Waals surface area contributed by atoms with Crippen molar-refractivity contribution in [1.82, 2.24) is 9.97 Å². The Morgan fingerprint density at radius 2 is 2.16 bits per heavy atom. The van der Waals surface area contributed by atoms with Gasteiger partial charge in [0.15, 0.2) is 0 Å². The summed E-state index contributed by atoms with van der Waals surface area (Å²) in [4.78, 5) is 41.7. The fraction of sp³-hybridized carbons (Fsp3) is 0.176. The largest absolute Gasteiger partial charge is 0.462 e. The molecule has 0 aliphatic heterocycles. The van der Waals surface area contributed by atoms with Gasteiger partial charge in [0, 0.05) is 6.08 Å². The molecule has 1 aromatic carbocycles. The summed E-state index contributed by atoms with van der Waals surface area (Å²) in [5, 5.41) is 11.4. The Balaban J connectivity index is 2.16. The van der Waals surface area contributed by atoms with Crippen molar-refractivity contribution < 1.29 is 19.2 Å². The highest BCUT2D eigenvalue weighted by Gasteiger charge is 2.39. The van der Waals surface area contributed by atoms with Gasteiger partial charge >= 0.3 is 5.97 Å². The highest BCUT2D eigenvalue weighted by atomic mass is 16.6. The number of fused-ring (bicyclic) bond motifs is 1. The number of nitro groups is 1. The number of esters is 1. The lowest BCUT2D eigenvalue weighted by atomic mass is 9.86. The Morgan fingerprint density at radius 1 is 1.40 bits per heavy atom. The van der Waals surface area contributed by atoms with Crippen LogP contribution in [0.4, 0.5) is 0 Å². The number of ether oxygens (including phenoxy) is 1. The molecule has 0 spiro atoms. The number of rotatable bonds is 4. The van der Waals surface area contributed by atoms with E-state index in [-0.39, 0.29) is 29.3 Å². The molecular formula is C17H13N3O5. The first-order valence-corrected chi connectivity index (χ1v) is 7.50. The SMILES string of the molecule is CCOC(=O)C1=CC=C([N+](=O)[O-])C(c2nc3ccccc3[nH]2)C1=C=O. The molecular weight excluding hydrogens is 326 g/mol. The van der Waals surface area contributed by atoms with Crippen LogP contribution in [0.25, 0.3) is 11.0 Å². The molecule has 8 nitrogen and oxygen atoms in total. The summed E-state index contributed by atoms with van der Waals surface area (Å²) in [6, 6.07) is 7.06. The van der Waals surface area contributed by atoms with Gasteiger partial charge in [-0.15, -0.1) is 0 Å². The van der Waals surface area contributed by atoms with Crippen LogP contribution in [0.15, 0.2) is 53.3 Å². The van der Waals surface area contributed by atoms with E-state index in [1.54, 1.807) is 37.1 Å². The van der Waals surface area contributed by atoms with Crippen LogP contribution in [0.3, 0.4) is 0 Å². The van der Waals surface area contributed by atoms with Crippen molar-refractivity contribution in [2.45, 2.75) is 12.8 Å². The summed E-state index contributed by atoms with van der Waals surface area (Å²) < 4.78 is 4.92. The minimum absolute atomic E-state index is 0.0621. The number of imidazole rings is 1. The molecule has 1 aliphatic carbocycles. The van der Waals surface area contributed by atoms with Crippen molar-refractivity contribution in [3.05, 3.63) is 69.2 Å². The number of para-hydroxylation sites is 2. The van der Waals surface area contributed by atoms with E-state index >= 15 is 0 Å². The minimum Gasteiger partial charge on any atom is -0.462 e. The fourth-order valence-electron chi connectivity index (χ4n) is 2.71. The summed E-state index contributed by atoms with van der Waals surface area (Å²) in [5.41, 5.74) is 0.750. The summed E-state index contributed by atoms with van der Waals surface area (Å²) in [7, 11) is 0. The third-order valence-corrected chi connectivity index (χ3v) is 3.79. The first-order chi connectivity index (χ1) is 12.1. The molecule has 1 heterocycles. The van der Waals surface area contributed by atoms with Crippen LogP contribution in [0.2, 0.25) is 0 Å². The molecule has 1 atom stereocenters. The standard InChI is InChI=1S/C17H13N3O5/c1-2-25-17(22)10-7-8-14(20(23)24)15(11(10)9-21)16-18-12-5-3-4-6-13(12)19-16/h3-8,15H,2H2,1H3,(H,18,19). The van der Waals surface area contributed by atoms with E-state index in [9.17, 15) is 19.7 Å². The maximum Gasteiger partial charge on any atom is 0.339 e. The molecule has 1 aliphatic rings. The fourth-order valence-corrected chi connectivity index (χ4v) is 2.71. The number of carbonyl (C=O) groups is 1. The summed E-state index contributed by atoms with van der Waals surface area (Å²) in [6.45, 7) is 1.74. The maximum absolute atomic E-state index is 12.1. The average molecular weight is 339 g/mol. The summed E-state index contributed by atoms with van der Waals surface area (Å²) in [6.07, 6.45) is 2.39. The van der Waals surface area contributed by atoms with Gasteiger partial charge in [-0.25, -0.2) is 14.6 Å². The second-order valence-corrected chi connectivity index (χ2v) is 5.24. The molecule has 1 aromatic heterocycles. The zero-order valence-corrected chi connectivity index (χ0v) is 13.2. The second kappa shape index (κ2) is 6.54. The van der Waals surface area contributed by atoms with Gasteiger partial charge in [-0.1, -0.05) is 12.1 Å². The first kappa shape index (κ1) is 16.4. The maximum atomic E-state index is 12.1. The van der Waals surface area contributed by atoms with E-state index in [2.05, 4.69) is 9.97 Å². The summed E-state index contributed by atoms with van der Waals surface area (Å²) in [5.74, 6) is -0.0150. The lowest BCUT2D eigenvalue weighted by Crippen LogP contribution is -2.22. The lowest BCUT2D eigenvalue weighted by Gasteiger charge is -2.18. The molecule has 0 saturated carbocycles. The van der Waals surface area contributed by atoms with Gasteiger partial charge in [-0.05, 0) is 25.1 Å². The van der Waals surface area contributed by atoms with Crippen LogP contribution in [-0.4, -0.2) is 33.4 Å². The van der Waals surface area contributed by atoms with Crippen LogP contribution in [0, 0.1) is 10.1 Å².